The van der Waals surface area contributed by atoms with Crippen LogP contribution in [0.15, 0.2) is 59.9 Å². The Morgan fingerprint density at radius 2 is 1.91 bits per heavy atom. The van der Waals surface area contributed by atoms with Crippen molar-refractivity contribution in [2.75, 3.05) is 0 Å². The van der Waals surface area contributed by atoms with Crippen LogP contribution >= 0.6 is 0 Å². The van der Waals surface area contributed by atoms with Crippen LogP contribution in [0.3, 0.4) is 0 Å². The summed E-state index contributed by atoms with van der Waals surface area (Å²) in [6.45, 7) is -0.0394. The molecule has 3 rings (SSSR count). The minimum absolute atomic E-state index is 0.0394. The van der Waals surface area contributed by atoms with Gasteiger partial charge in [-0.25, -0.2) is 4.98 Å². The Labute approximate surface area is 128 Å². The summed E-state index contributed by atoms with van der Waals surface area (Å²) in [7, 11) is 0. The molecule has 5 nitrogen and oxygen atoms in total. The molecule has 0 amide bonds. The number of halogens is 3. The minimum atomic E-state index is -4.37. The van der Waals surface area contributed by atoms with Crippen molar-refractivity contribution in [1.29, 1.82) is 0 Å². The Hall–Kier alpha value is -2.90. The maximum absolute atomic E-state index is 12.2. The molecule has 0 radical (unpaired) electrons. The Balaban J connectivity index is 2.03. The third-order valence-corrected chi connectivity index (χ3v) is 3.17. The van der Waals surface area contributed by atoms with E-state index in [-0.39, 0.29) is 24.0 Å². The van der Waals surface area contributed by atoms with Gasteiger partial charge in [-0.05, 0) is 12.1 Å². The first-order valence-corrected chi connectivity index (χ1v) is 6.67. The molecule has 0 saturated heterocycles. The number of rotatable bonds is 3. The zero-order chi connectivity index (χ0) is 16.4. The zero-order valence-corrected chi connectivity index (χ0v) is 11.7. The normalized spacial score (nSPS) is 12.3. The summed E-state index contributed by atoms with van der Waals surface area (Å²) in [4.78, 5) is 20.4. The summed E-state index contributed by atoms with van der Waals surface area (Å²) < 4.78 is 39.3. The third kappa shape index (κ3) is 3.31. The molecule has 0 aliphatic rings. The van der Waals surface area contributed by atoms with Crippen molar-refractivity contribution >= 4 is 5.78 Å². The second kappa shape index (κ2) is 5.71. The van der Waals surface area contributed by atoms with Crippen LogP contribution in [0.5, 0.6) is 0 Å². The van der Waals surface area contributed by atoms with Gasteiger partial charge >= 0.3 is 6.18 Å². The lowest BCUT2D eigenvalue weighted by Gasteiger charge is -2.04. The number of hydrogen-bond donors (Lipinski definition) is 0. The lowest BCUT2D eigenvalue weighted by atomic mass is 10.2. The highest BCUT2D eigenvalue weighted by molar-refractivity contribution is 5.59. The average molecular weight is 320 g/mol. The van der Waals surface area contributed by atoms with Crippen molar-refractivity contribution in [3.63, 3.8) is 0 Å². The van der Waals surface area contributed by atoms with E-state index in [0.29, 0.717) is 11.3 Å². The van der Waals surface area contributed by atoms with Crippen molar-refractivity contribution in [1.82, 2.24) is 18.9 Å². The summed E-state index contributed by atoms with van der Waals surface area (Å²) in [6.07, 6.45) is 2.91. The van der Waals surface area contributed by atoms with Crippen LogP contribution in [-0.4, -0.2) is 25.1 Å². The number of imidazole rings is 1. The highest BCUT2D eigenvalue weighted by atomic mass is 19.4. The van der Waals surface area contributed by atoms with Crippen molar-refractivity contribution < 1.29 is 13.2 Å². The largest absolute Gasteiger partial charge is 0.409 e. The molecule has 0 spiro atoms. The molecule has 0 aliphatic heterocycles. The van der Waals surface area contributed by atoms with Crippen LogP contribution in [-0.2, 0) is 6.54 Å². The predicted octanol–water partition coefficient (Wildman–Crippen LogP) is 2.68. The molecule has 3 aromatic heterocycles. The topological polar surface area (TPSA) is 52.2 Å². The summed E-state index contributed by atoms with van der Waals surface area (Å²) in [6, 6.07) is 4.78. The van der Waals surface area contributed by atoms with Gasteiger partial charge in [0.05, 0.1) is 5.69 Å². The molecular formula is C15H11F3N4O. The van der Waals surface area contributed by atoms with E-state index in [4.69, 9.17) is 0 Å². The Bertz CT molecular complexity index is 910. The molecule has 0 N–H and O–H groups in total. The van der Waals surface area contributed by atoms with Crippen LogP contribution < -0.4 is 5.56 Å². The van der Waals surface area contributed by atoms with E-state index in [2.05, 4.69) is 9.97 Å². The Kier molecular flexibility index (Phi) is 3.73. The molecule has 0 unspecified atom stereocenters. The van der Waals surface area contributed by atoms with Gasteiger partial charge in [0.25, 0.3) is 5.56 Å². The summed E-state index contributed by atoms with van der Waals surface area (Å²) >= 11 is 0. The van der Waals surface area contributed by atoms with Crippen LogP contribution in [0.2, 0.25) is 0 Å². The van der Waals surface area contributed by atoms with Gasteiger partial charge in [-0.2, -0.15) is 13.2 Å². The van der Waals surface area contributed by atoms with Crippen LogP contribution in [0.25, 0.3) is 17.0 Å². The molecular weight excluding hydrogens is 309 g/mol. The number of alkyl halides is 3. The maximum Gasteiger partial charge on any atom is 0.409 e. The molecule has 0 saturated carbocycles. The Morgan fingerprint density at radius 1 is 1.17 bits per heavy atom. The van der Waals surface area contributed by atoms with E-state index in [1.807, 2.05) is 0 Å². The number of allylic oxidation sites excluding steroid dienone is 2. The first-order valence-electron chi connectivity index (χ1n) is 6.67. The fourth-order valence-corrected chi connectivity index (χ4v) is 2.15. The average Bonchev–Trinajstić information content (AvgIpc) is 2.91. The summed E-state index contributed by atoms with van der Waals surface area (Å²) in [5.74, 6) is 0.274. The van der Waals surface area contributed by atoms with Gasteiger partial charge in [0.2, 0.25) is 5.78 Å². The SMILES string of the molecule is O=c1cc(-c2ccncc2)nc2n(C/C=C\C(F)(F)F)ccn12. The monoisotopic (exact) mass is 320 g/mol. The van der Waals surface area contributed by atoms with Crippen molar-refractivity contribution in [3.05, 3.63) is 65.5 Å². The van der Waals surface area contributed by atoms with Crippen molar-refractivity contribution in [2.24, 2.45) is 0 Å². The predicted molar refractivity (Wildman–Crippen MR) is 77.9 cm³/mol. The van der Waals surface area contributed by atoms with Crippen LogP contribution in [0.1, 0.15) is 0 Å². The molecule has 0 aliphatic carbocycles. The van der Waals surface area contributed by atoms with Crippen molar-refractivity contribution in [3.8, 4) is 11.3 Å². The van der Waals surface area contributed by atoms with E-state index in [9.17, 15) is 18.0 Å². The van der Waals surface area contributed by atoms with Gasteiger partial charge in [0.1, 0.15) is 0 Å². The van der Waals surface area contributed by atoms with Gasteiger partial charge in [0.15, 0.2) is 0 Å². The van der Waals surface area contributed by atoms with Gasteiger partial charge in [-0.3, -0.25) is 14.2 Å². The van der Waals surface area contributed by atoms with Crippen LogP contribution in [0, 0.1) is 0 Å². The highest BCUT2D eigenvalue weighted by Crippen LogP contribution is 2.17. The lowest BCUT2D eigenvalue weighted by Crippen LogP contribution is -2.14. The molecule has 3 aromatic rings. The molecule has 118 valence electrons. The second-order valence-electron chi connectivity index (χ2n) is 4.78. The smallest absolute Gasteiger partial charge is 0.313 e. The molecule has 3 heterocycles. The lowest BCUT2D eigenvalue weighted by molar-refractivity contribution is -0.0800. The highest BCUT2D eigenvalue weighted by Gasteiger charge is 2.21. The second-order valence-corrected chi connectivity index (χ2v) is 4.78. The minimum Gasteiger partial charge on any atom is -0.313 e. The summed E-state index contributed by atoms with van der Waals surface area (Å²) in [5.41, 5.74) is 0.843. The van der Waals surface area contributed by atoms with Gasteiger partial charge in [0, 0.05) is 49.0 Å². The number of aromatic nitrogens is 4. The number of fused-ring (bicyclic) bond motifs is 1. The van der Waals surface area contributed by atoms with Crippen LogP contribution in [0.4, 0.5) is 13.2 Å². The van der Waals surface area contributed by atoms with Gasteiger partial charge in [-0.1, -0.05) is 6.08 Å². The standard InChI is InChI=1S/C15H11F3N4O/c16-15(17,18)4-1-7-21-8-9-22-13(23)10-12(20-14(21)22)11-2-5-19-6-3-11/h1-6,8-10H,7H2/b4-1-. The van der Waals surface area contributed by atoms with Gasteiger partial charge < -0.3 is 4.57 Å². The zero-order valence-electron chi connectivity index (χ0n) is 11.7. The molecule has 8 heteroatoms. The van der Waals surface area contributed by atoms with E-state index in [1.54, 1.807) is 24.5 Å². The maximum atomic E-state index is 12.2. The first-order chi connectivity index (χ1) is 10.9. The molecule has 0 atom stereocenters. The van der Waals surface area contributed by atoms with E-state index >= 15 is 0 Å². The summed E-state index contributed by atoms with van der Waals surface area (Å²) in [5, 5.41) is 0. The molecule has 0 aromatic carbocycles. The molecule has 0 fully saturated rings. The molecule has 23 heavy (non-hydrogen) atoms. The number of pyridine rings is 1. The van der Waals surface area contributed by atoms with E-state index in [1.165, 1.54) is 27.4 Å². The fourth-order valence-electron chi connectivity index (χ4n) is 2.15. The fraction of sp³-hybridized carbons (Fsp3) is 0.133. The Morgan fingerprint density at radius 3 is 2.61 bits per heavy atom. The first kappa shape index (κ1) is 15.0. The molecule has 0 bridgehead atoms. The van der Waals surface area contributed by atoms with Gasteiger partial charge in [-0.15, -0.1) is 0 Å². The third-order valence-electron chi connectivity index (χ3n) is 3.17. The van der Waals surface area contributed by atoms with E-state index < -0.39 is 6.18 Å². The quantitative estimate of drug-likeness (QED) is 0.697. The van der Waals surface area contributed by atoms with Crippen molar-refractivity contribution in [2.45, 2.75) is 12.7 Å². The number of nitrogens with zero attached hydrogens (tertiary/aromatic N) is 4. The number of hydrogen-bond acceptors (Lipinski definition) is 3. The van der Waals surface area contributed by atoms with E-state index in [0.717, 1.165) is 6.08 Å².